The Balaban J connectivity index is 1.75. The van der Waals surface area contributed by atoms with Gasteiger partial charge in [-0.1, -0.05) is 18.2 Å². The Hall–Kier alpha value is -2.47. The summed E-state index contributed by atoms with van der Waals surface area (Å²) in [5.74, 6) is -0.158. The van der Waals surface area contributed by atoms with Crippen molar-refractivity contribution in [3.63, 3.8) is 0 Å². The fourth-order valence-corrected chi connectivity index (χ4v) is 3.65. The predicted octanol–water partition coefficient (Wildman–Crippen LogP) is 1.78. The van der Waals surface area contributed by atoms with E-state index in [0.717, 1.165) is 22.8 Å². The van der Waals surface area contributed by atoms with E-state index in [1.54, 1.807) is 16.0 Å². The zero-order chi connectivity index (χ0) is 18.7. The highest BCUT2D eigenvalue weighted by Crippen LogP contribution is 2.22. The first-order valence-electron chi connectivity index (χ1n) is 9.03. The monoisotopic (exact) mass is 354 g/mol. The van der Waals surface area contributed by atoms with Gasteiger partial charge in [-0.05, 0) is 29.9 Å². The number of rotatable bonds is 3. The SMILES string of the molecule is CC(=O)N1C[C@@H](N)CC[C@@H](C(=O)N(C)Cc2cccc3cnccc23)C1. The minimum atomic E-state index is -0.200. The summed E-state index contributed by atoms with van der Waals surface area (Å²) >= 11 is 0. The number of carbonyl (C=O) groups is 2. The van der Waals surface area contributed by atoms with Crippen LogP contribution in [0.15, 0.2) is 36.7 Å². The first-order valence-corrected chi connectivity index (χ1v) is 9.03. The molecular weight excluding hydrogens is 328 g/mol. The number of amides is 2. The van der Waals surface area contributed by atoms with Crippen LogP contribution in [0, 0.1) is 5.92 Å². The molecule has 1 fully saturated rings. The van der Waals surface area contributed by atoms with Gasteiger partial charge in [0.1, 0.15) is 0 Å². The van der Waals surface area contributed by atoms with Crippen LogP contribution in [0.1, 0.15) is 25.3 Å². The van der Waals surface area contributed by atoms with Crippen molar-refractivity contribution in [2.24, 2.45) is 11.7 Å². The van der Waals surface area contributed by atoms with Gasteiger partial charge >= 0.3 is 0 Å². The first-order chi connectivity index (χ1) is 12.5. The summed E-state index contributed by atoms with van der Waals surface area (Å²) in [6.07, 6.45) is 5.07. The Labute approximate surface area is 154 Å². The summed E-state index contributed by atoms with van der Waals surface area (Å²) in [7, 11) is 1.82. The molecule has 6 heteroatoms. The van der Waals surface area contributed by atoms with Gasteiger partial charge in [-0.15, -0.1) is 0 Å². The maximum atomic E-state index is 13.0. The first kappa shape index (κ1) is 18.3. The maximum Gasteiger partial charge on any atom is 0.227 e. The van der Waals surface area contributed by atoms with Crippen molar-refractivity contribution in [1.29, 1.82) is 0 Å². The summed E-state index contributed by atoms with van der Waals surface area (Å²) in [6.45, 7) is 3.04. The highest BCUT2D eigenvalue weighted by molar-refractivity contribution is 5.86. The van der Waals surface area contributed by atoms with Crippen LogP contribution in [-0.4, -0.2) is 52.8 Å². The third-order valence-electron chi connectivity index (χ3n) is 5.13. The van der Waals surface area contributed by atoms with E-state index in [1.807, 2.05) is 37.5 Å². The molecular formula is C20H26N4O2. The lowest BCUT2D eigenvalue weighted by atomic mass is 10.00. The van der Waals surface area contributed by atoms with Crippen LogP contribution in [-0.2, 0) is 16.1 Å². The lowest BCUT2D eigenvalue weighted by molar-refractivity contribution is -0.137. The van der Waals surface area contributed by atoms with Crippen molar-refractivity contribution in [3.8, 4) is 0 Å². The number of nitrogens with zero attached hydrogens (tertiary/aromatic N) is 3. The van der Waals surface area contributed by atoms with Gasteiger partial charge in [0.2, 0.25) is 11.8 Å². The molecule has 2 heterocycles. The van der Waals surface area contributed by atoms with Crippen molar-refractivity contribution >= 4 is 22.6 Å². The molecule has 1 saturated heterocycles. The molecule has 1 aromatic carbocycles. The van der Waals surface area contributed by atoms with Crippen LogP contribution in [0.25, 0.3) is 10.8 Å². The number of hydrogen-bond donors (Lipinski definition) is 1. The van der Waals surface area contributed by atoms with Crippen LogP contribution in [0.2, 0.25) is 0 Å². The van der Waals surface area contributed by atoms with Gasteiger partial charge in [-0.3, -0.25) is 14.6 Å². The van der Waals surface area contributed by atoms with Gasteiger partial charge in [0.05, 0.1) is 5.92 Å². The molecule has 0 spiro atoms. The summed E-state index contributed by atoms with van der Waals surface area (Å²) in [5, 5.41) is 2.17. The summed E-state index contributed by atoms with van der Waals surface area (Å²) in [4.78, 5) is 32.4. The van der Waals surface area contributed by atoms with Crippen molar-refractivity contribution in [1.82, 2.24) is 14.8 Å². The van der Waals surface area contributed by atoms with Gasteiger partial charge in [0.15, 0.2) is 0 Å². The second-order valence-electron chi connectivity index (χ2n) is 7.17. The quantitative estimate of drug-likeness (QED) is 0.911. The molecule has 1 aliphatic rings. The summed E-state index contributed by atoms with van der Waals surface area (Å²) in [5.41, 5.74) is 7.15. The smallest absolute Gasteiger partial charge is 0.227 e. The third-order valence-corrected chi connectivity index (χ3v) is 5.13. The van der Waals surface area contributed by atoms with Gasteiger partial charge in [-0.25, -0.2) is 0 Å². The van der Waals surface area contributed by atoms with Gasteiger partial charge in [-0.2, -0.15) is 0 Å². The Morgan fingerprint density at radius 2 is 2.08 bits per heavy atom. The largest absolute Gasteiger partial charge is 0.341 e. The van der Waals surface area contributed by atoms with E-state index in [9.17, 15) is 9.59 Å². The Morgan fingerprint density at radius 1 is 1.27 bits per heavy atom. The zero-order valence-corrected chi connectivity index (χ0v) is 15.4. The number of fused-ring (bicyclic) bond motifs is 1. The minimum Gasteiger partial charge on any atom is -0.341 e. The molecule has 2 aromatic rings. The van der Waals surface area contributed by atoms with Crippen molar-refractivity contribution in [2.75, 3.05) is 20.1 Å². The third kappa shape index (κ3) is 4.02. The van der Waals surface area contributed by atoms with E-state index in [1.165, 1.54) is 6.92 Å². The van der Waals surface area contributed by atoms with Gasteiger partial charge in [0.25, 0.3) is 0 Å². The molecule has 1 aliphatic heterocycles. The molecule has 138 valence electrons. The highest BCUT2D eigenvalue weighted by atomic mass is 16.2. The average Bonchev–Trinajstić information content (AvgIpc) is 2.83. The molecule has 26 heavy (non-hydrogen) atoms. The molecule has 0 bridgehead atoms. The molecule has 2 N–H and O–H groups in total. The number of carbonyl (C=O) groups excluding carboxylic acids is 2. The van der Waals surface area contributed by atoms with E-state index in [-0.39, 0.29) is 23.8 Å². The van der Waals surface area contributed by atoms with E-state index >= 15 is 0 Å². The van der Waals surface area contributed by atoms with Crippen LogP contribution >= 0.6 is 0 Å². The molecule has 0 unspecified atom stereocenters. The Kier molecular flexibility index (Phi) is 5.52. The highest BCUT2D eigenvalue weighted by Gasteiger charge is 2.30. The molecule has 6 nitrogen and oxygen atoms in total. The van der Waals surface area contributed by atoms with E-state index in [0.29, 0.717) is 26.1 Å². The van der Waals surface area contributed by atoms with E-state index < -0.39 is 0 Å². The Bertz CT molecular complexity index is 802. The molecule has 0 radical (unpaired) electrons. The maximum absolute atomic E-state index is 13.0. The van der Waals surface area contributed by atoms with E-state index in [2.05, 4.69) is 4.98 Å². The molecule has 2 amide bonds. The average molecular weight is 354 g/mol. The lowest BCUT2D eigenvalue weighted by Crippen LogP contribution is -2.42. The number of aromatic nitrogens is 1. The fraction of sp³-hybridized carbons (Fsp3) is 0.450. The van der Waals surface area contributed by atoms with Crippen molar-refractivity contribution in [3.05, 3.63) is 42.2 Å². The normalized spacial score (nSPS) is 20.7. The Morgan fingerprint density at radius 3 is 2.85 bits per heavy atom. The standard InChI is InChI=1S/C20H26N4O2/c1-14(25)24-12-17(6-7-18(21)13-24)20(26)23(2)11-16-5-3-4-15-10-22-9-8-19(15)16/h3-5,8-10,17-18H,6-7,11-13,21H2,1-2H3/t17-,18+/m1/s1. The lowest BCUT2D eigenvalue weighted by Gasteiger charge is -2.27. The number of likely N-dealkylation sites (tertiary alicyclic amines) is 1. The minimum absolute atomic E-state index is 0.0237. The molecule has 2 atom stereocenters. The topological polar surface area (TPSA) is 79.5 Å². The zero-order valence-electron chi connectivity index (χ0n) is 15.4. The molecule has 3 rings (SSSR count). The van der Waals surface area contributed by atoms with Gasteiger partial charge in [0, 0.05) is 57.4 Å². The number of benzene rings is 1. The van der Waals surface area contributed by atoms with Crippen LogP contribution in [0.5, 0.6) is 0 Å². The fourth-order valence-electron chi connectivity index (χ4n) is 3.65. The van der Waals surface area contributed by atoms with E-state index in [4.69, 9.17) is 5.73 Å². The number of hydrogen-bond acceptors (Lipinski definition) is 4. The number of nitrogens with two attached hydrogens (primary N) is 1. The van der Waals surface area contributed by atoms with Crippen LogP contribution in [0.4, 0.5) is 0 Å². The molecule has 1 aromatic heterocycles. The molecule has 0 aliphatic carbocycles. The summed E-state index contributed by atoms with van der Waals surface area (Å²) < 4.78 is 0. The predicted molar refractivity (Wildman–Crippen MR) is 101 cm³/mol. The number of pyridine rings is 1. The van der Waals surface area contributed by atoms with Crippen LogP contribution in [0.3, 0.4) is 0 Å². The summed E-state index contributed by atoms with van der Waals surface area (Å²) in [6, 6.07) is 7.96. The van der Waals surface area contributed by atoms with Gasteiger partial charge < -0.3 is 15.5 Å². The van der Waals surface area contributed by atoms with Crippen molar-refractivity contribution in [2.45, 2.75) is 32.4 Å². The molecule has 0 saturated carbocycles. The second-order valence-corrected chi connectivity index (χ2v) is 7.17. The second kappa shape index (κ2) is 7.83. The van der Waals surface area contributed by atoms with Crippen molar-refractivity contribution < 1.29 is 9.59 Å². The van der Waals surface area contributed by atoms with Crippen LogP contribution < -0.4 is 5.73 Å².